The number of hydrogen-bond acceptors (Lipinski definition) is 7. The molecule has 9 heteroatoms. The maximum atomic E-state index is 12.7. The summed E-state index contributed by atoms with van der Waals surface area (Å²) < 4.78 is 18.4. The van der Waals surface area contributed by atoms with Gasteiger partial charge in [0.05, 0.1) is 10.6 Å². The molecule has 4 N–H and O–H groups in total. The number of halogens is 2. The Labute approximate surface area is 160 Å². The van der Waals surface area contributed by atoms with E-state index >= 15 is 0 Å². The van der Waals surface area contributed by atoms with Crippen LogP contribution < -0.4 is 20.7 Å². The molecule has 0 unspecified atom stereocenters. The van der Waals surface area contributed by atoms with Crippen molar-refractivity contribution >= 4 is 17.8 Å². The first-order chi connectivity index (χ1) is 13.1. The van der Waals surface area contributed by atoms with Gasteiger partial charge < -0.3 is 21.2 Å². The third-order valence-corrected chi connectivity index (χ3v) is 3.75. The highest BCUT2D eigenvalue weighted by atomic mass is 35.5. The van der Waals surface area contributed by atoms with Crippen LogP contribution in [0.15, 0.2) is 42.4 Å². The van der Waals surface area contributed by atoms with Crippen molar-refractivity contribution in [1.29, 1.82) is 10.7 Å². The van der Waals surface area contributed by atoms with Gasteiger partial charge in [0.2, 0.25) is 0 Å². The number of nitriles is 1. The first kappa shape index (κ1) is 20.2. The molecule has 27 heavy (non-hydrogen) atoms. The minimum Gasteiger partial charge on any atom is -0.488 e. The van der Waals surface area contributed by atoms with Crippen molar-refractivity contribution in [3.05, 3.63) is 64.1 Å². The predicted octanol–water partition coefficient (Wildman–Crippen LogP) is 3.03. The molecule has 1 aromatic heterocycles. The standard InChI is InChI=1S/C18H17ClFN5O2/c19-16-4-14(9-25-10-15(23)1-2-21)17(5-18(16)27-20)26-11-13-3-12(6-22)7-24-8-13/h1-5,7-8,21,25H,9-11,23H2/b15-1-,21-2?. The second-order valence-electron chi connectivity index (χ2n) is 5.46. The first-order valence-electron chi connectivity index (χ1n) is 7.81. The second-order valence-corrected chi connectivity index (χ2v) is 5.87. The van der Waals surface area contributed by atoms with Gasteiger partial charge in [0.15, 0.2) is 5.75 Å². The summed E-state index contributed by atoms with van der Waals surface area (Å²) in [6.45, 7) is 0.811. The molecule has 0 aliphatic rings. The van der Waals surface area contributed by atoms with Crippen LogP contribution in [-0.4, -0.2) is 17.7 Å². The lowest BCUT2D eigenvalue weighted by molar-refractivity contribution is -0.00638. The number of aromatic nitrogens is 1. The predicted molar refractivity (Wildman–Crippen MR) is 99.2 cm³/mol. The average molecular weight is 390 g/mol. The van der Waals surface area contributed by atoms with E-state index < -0.39 is 0 Å². The summed E-state index contributed by atoms with van der Waals surface area (Å²) in [5, 5.41) is 19.1. The number of hydrogen-bond donors (Lipinski definition) is 3. The molecule has 2 rings (SSSR count). The molecule has 0 bridgehead atoms. The van der Waals surface area contributed by atoms with Crippen LogP contribution in [0.5, 0.6) is 11.5 Å². The van der Waals surface area contributed by atoms with Crippen molar-refractivity contribution in [2.24, 2.45) is 5.73 Å². The fourth-order valence-corrected chi connectivity index (χ4v) is 2.42. The van der Waals surface area contributed by atoms with Crippen molar-refractivity contribution in [2.75, 3.05) is 6.54 Å². The van der Waals surface area contributed by atoms with Gasteiger partial charge in [-0.2, -0.15) is 5.26 Å². The molecular weight excluding hydrogens is 373 g/mol. The summed E-state index contributed by atoms with van der Waals surface area (Å²) in [6.07, 6.45) is 5.58. The molecule has 1 aromatic carbocycles. The Morgan fingerprint density at radius 3 is 2.89 bits per heavy atom. The zero-order chi connectivity index (χ0) is 19.6. The number of pyridine rings is 1. The smallest absolute Gasteiger partial charge is 0.194 e. The van der Waals surface area contributed by atoms with E-state index in [1.54, 1.807) is 12.3 Å². The monoisotopic (exact) mass is 389 g/mol. The number of nitrogens with one attached hydrogen (secondary N) is 2. The summed E-state index contributed by atoms with van der Waals surface area (Å²) in [4.78, 5) is 7.73. The highest BCUT2D eigenvalue weighted by Gasteiger charge is 2.12. The molecule has 0 aliphatic heterocycles. The molecule has 0 fully saturated rings. The Balaban J connectivity index is 2.15. The summed E-state index contributed by atoms with van der Waals surface area (Å²) in [6, 6.07) is 6.52. The fraction of sp³-hybridized carbons (Fsp3) is 0.167. The van der Waals surface area contributed by atoms with Gasteiger partial charge in [0.25, 0.3) is 0 Å². The van der Waals surface area contributed by atoms with Crippen LogP contribution >= 0.6 is 11.6 Å². The normalized spacial score (nSPS) is 10.9. The van der Waals surface area contributed by atoms with Crippen LogP contribution in [0.3, 0.4) is 0 Å². The molecule has 7 nitrogen and oxygen atoms in total. The molecular formula is C18H17ClFN5O2. The van der Waals surface area contributed by atoms with Gasteiger partial charge in [-0.1, -0.05) is 11.6 Å². The Bertz CT molecular complexity index is 883. The maximum absolute atomic E-state index is 12.7. The van der Waals surface area contributed by atoms with Crippen molar-refractivity contribution in [2.45, 2.75) is 13.2 Å². The minimum absolute atomic E-state index is 0.0952. The van der Waals surface area contributed by atoms with Gasteiger partial charge in [-0.15, -0.1) is 0 Å². The number of rotatable bonds is 9. The molecule has 2 aromatic rings. The Hall–Kier alpha value is -3.15. The second kappa shape index (κ2) is 10.1. The Kier molecular flexibility index (Phi) is 7.55. The van der Waals surface area contributed by atoms with Crippen molar-refractivity contribution in [3.8, 4) is 17.6 Å². The van der Waals surface area contributed by atoms with E-state index in [2.05, 4.69) is 15.2 Å². The lowest BCUT2D eigenvalue weighted by Crippen LogP contribution is -2.21. The van der Waals surface area contributed by atoms with E-state index in [0.717, 1.165) is 6.21 Å². The van der Waals surface area contributed by atoms with Crippen LogP contribution in [0.1, 0.15) is 16.7 Å². The molecule has 0 atom stereocenters. The molecule has 0 amide bonds. The summed E-state index contributed by atoms with van der Waals surface area (Å²) in [5.41, 5.74) is 7.96. The number of allylic oxidation sites excluding steroid dienone is 1. The first-order valence-corrected chi connectivity index (χ1v) is 8.18. The van der Waals surface area contributed by atoms with E-state index in [1.165, 1.54) is 24.4 Å². The zero-order valence-corrected chi connectivity index (χ0v) is 15.0. The topological polar surface area (TPSA) is 117 Å². The van der Waals surface area contributed by atoms with Crippen molar-refractivity contribution < 1.29 is 14.2 Å². The van der Waals surface area contributed by atoms with E-state index in [0.29, 0.717) is 41.2 Å². The van der Waals surface area contributed by atoms with Gasteiger partial charge in [-0.3, -0.25) is 9.93 Å². The quantitative estimate of drug-likeness (QED) is 0.567. The summed E-state index contributed by atoms with van der Waals surface area (Å²) in [7, 11) is 0. The highest BCUT2D eigenvalue weighted by molar-refractivity contribution is 6.32. The van der Waals surface area contributed by atoms with Crippen LogP contribution in [0.2, 0.25) is 5.02 Å². The minimum atomic E-state index is -0.164. The van der Waals surface area contributed by atoms with Crippen LogP contribution in [-0.2, 0) is 13.2 Å². The Morgan fingerprint density at radius 1 is 1.37 bits per heavy atom. The molecule has 0 aliphatic carbocycles. The van der Waals surface area contributed by atoms with E-state index in [4.69, 9.17) is 32.7 Å². The fourth-order valence-electron chi connectivity index (χ4n) is 2.20. The van der Waals surface area contributed by atoms with E-state index in [9.17, 15) is 4.53 Å². The molecule has 0 spiro atoms. The van der Waals surface area contributed by atoms with Gasteiger partial charge in [0, 0.05) is 59.1 Å². The van der Waals surface area contributed by atoms with Crippen LogP contribution in [0.4, 0.5) is 4.53 Å². The van der Waals surface area contributed by atoms with Gasteiger partial charge in [0.1, 0.15) is 18.4 Å². The third-order valence-electron chi connectivity index (χ3n) is 3.46. The maximum Gasteiger partial charge on any atom is 0.194 e. The number of benzene rings is 1. The van der Waals surface area contributed by atoms with Gasteiger partial charge in [-0.05, 0) is 18.2 Å². The molecule has 0 saturated heterocycles. The van der Waals surface area contributed by atoms with Crippen LogP contribution in [0.25, 0.3) is 0 Å². The van der Waals surface area contributed by atoms with E-state index in [1.807, 2.05) is 6.07 Å². The third kappa shape index (κ3) is 5.95. The zero-order valence-electron chi connectivity index (χ0n) is 14.2. The highest BCUT2D eigenvalue weighted by Crippen LogP contribution is 2.33. The van der Waals surface area contributed by atoms with Gasteiger partial charge >= 0.3 is 0 Å². The summed E-state index contributed by atoms with van der Waals surface area (Å²) in [5.74, 6) is 0.194. The van der Waals surface area contributed by atoms with Gasteiger partial charge in [-0.25, -0.2) is 0 Å². The molecule has 1 heterocycles. The van der Waals surface area contributed by atoms with E-state index in [-0.39, 0.29) is 17.4 Å². The number of nitrogens with two attached hydrogens (primary N) is 1. The largest absolute Gasteiger partial charge is 0.488 e. The van der Waals surface area contributed by atoms with Crippen LogP contribution in [0, 0.1) is 16.7 Å². The SMILES string of the molecule is N#Cc1cncc(COc2cc(OF)c(Cl)cc2CNC/C(N)=C/C=N)c1. The lowest BCUT2D eigenvalue weighted by Gasteiger charge is -2.14. The Morgan fingerprint density at radius 2 is 2.19 bits per heavy atom. The molecule has 0 radical (unpaired) electrons. The van der Waals surface area contributed by atoms with Crippen molar-refractivity contribution in [1.82, 2.24) is 10.3 Å². The van der Waals surface area contributed by atoms with Crippen molar-refractivity contribution in [3.63, 3.8) is 0 Å². The average Bonchev–Trinajstić information content (AvgIpc) is 2.67. The number of nitrogens with zero attached hydrogens (tertiary/aromatic N) is 2. The number of ether oxygens (including phenoxy) is 1. The lowest BCUT2D eigenvalue weighted by atomic mass is 10.1. The molecule has 140 valence electrons. The molecule has 0 saturated carbocycles. The summed E-state index contributed by atoms with van der Waals surface area (Å²) >= 11 is 5.99.